The van der Waals surface area contributed by atoms with Crippen molar-refractivity contribution in [2.75, 3.05) is 26.3 Å². The van der Waals surface area contributed by atoms with Gasteiger partial charge >= 0.3 is 0 Å². The number of nitrogens with one attached hydrogen (secondary N) is 1. The molecule has 16 heavy (non-hydrogen) atoms. The van der Waals surface area contributed by atoms with Gasteiger partial charge in [-0.2, -0.15) is 0 Å². The third-order valence-electron chi connectivity index (χ3n) is 3.33. The Balaban J connectivity index is 2.07. The standard InChI is InChI=1S/C11H18N2O3/c1-8(2)13-10(14)7-9(11(13)15)12-3-5-16-6-4-12/h8-9H,3-7H2,1-2H3/p+1/t9-/m0/s1. The summed E-state index contributed by atoms with van der Waals surface area (Å²) in [4.78, 5) is 26.5. The van der Waals surface area contributed by atoms with Crippen molar-refractivity contribution in [1.82, 2.24) is 4.90 Å². The monoisotopic (exact) mass is 227 g/mol. The Morgan fingerprint density at radius 3 is 2.44 bits per heavy atom. The van der Waals surface area contributed by atoms with Crippen LogP contribution in [0, 0.1) is 0 Å². The number of morpholine rings is 1. The Kier molecular flexibility index (Phi) is 3.25. The number of ether oxygens (including phenoxy) is 1. The zero-order valence-electron chi connectivity index (χ0n) is 9.86. The topological polar surface area (TPSA) is 51.1 Å². The smallest absolute Gasteiger partial charge is 0.288 e. The van der Waals surface area contributed by atoms with Crippen LogP contribution in [-0.2, 0) is 14.3 Å². The third-order valence-corrected chi connectivity index (χ3v) is 3.33. The van der Waals surface area contributed by atoms with E-state index in [0.717, 1.165) is 13.1 Å². The number of amides is 2. The Morgan fingerprint density at radius 2 is 1.94 bits per heavy atom. The van der Waals surface area contributed by atoms with E-state index in [0.29, 0.717) is 19.6 Å². The molecule has 1 atom stereocenters. The first-order valence-corrected chi connectivity index (χ1v) is 5.89. The molecule has 2 rings (SSSR count). The predicted molar refractivity (Wildman–Crippen MR) is 56.9 cm³/mol. The molecule has 0 radical (unpaired) electrons. The number of rotatable bonds is 2. The van der Waals surface area contributed by atoms with Gasteiger partial charge in [-0.3, -0.25) is 14.5 Å². The summed E-state index contributed by atoms with van der Waals surface area (Å²) in [5.41, 5.74) is 0. The molecule has 5 heteroatoms. The van der Waals surface area contributed by atoms with Crippen LogP contribution in [0.1, 0.15) is 20.3 Å². The first kappa shape index (κ1) is 11.5. The van der Waals surface area contributed by atoms with Gasteiger partial charge in [0, 0.05) is 6.04 Å². The van der Waals surface area contributed by atoms with Gasteiger partial charge in [-0.1, -0.05) is 0 Å². The molecule has 0 aromatic carbocycles. The lowest BCUT2D eigenvalue weighted by Crippen LogP contribution is -3.18. The Morgan fingerprint density at radius 1 is 1.31 bits per heavy atom. The second-order valence-corrected chi connectivity index (χ2v) is 4.72. The molecule has 0 aromatic heterocycles. The van der Waals surface area contributed by atoms with Crippen LogP contribution in [0.5, 0.6) is 0 Å². The molecular weight excluding hydrogens is 208 g/mol. The highest BCUT2D eigenvalue weighted by Gasteiger charge is 2.46. The minimum absolute atomic E-state index is 0.00287. The van der Waals surface area contributed by atoms with E-state index in [1.807, 2.05) is 13.8 Å². The molecule has 0 aliphatic carbocycles. The molecule has 2 saturated heterocycles. The minimum Gasteiger partial charge on any atom is -0.370 e. The molecule has 0 aromatic rings. The molecule has 2 fully saturated rings. The Hall–Kier alpha value is -0.940. The summed E-state index contributed by atoms with van der Waals surface area (Å²) >= 11 is 0. The van der Waals surface area contributed by atoms with Crippen LogP contribution in [-0.4, -0.2) is 55.1 Å². The second-order valence-electron chi connectivity index (χ2n) is 4.72. The van der Waals surface area contributed by atoms with E-state index in [-0.39, 0.29) is 23.9 Å². The Labute approximate surface area is 95.3 Å². The molecule has 2 amide bonds. The lowest BCUT2D eigenvalue weighted by molar-refractivity contribution is -0.922. The minimum atomic E-state index is -0.168. The predicted octanol–water partition coefficient (Wildman–Crippen LogP) is -1.56. The zero-order chi connectivity index (χ0) is 11.7. The molecule has 1 N–H and O–H groups in total. The molecule has 0 bridgehead atoms. The highest BCUT2D eigenvalue weighted by molar-refractivity contribution is 6.05. The molecule has 0 spiro atoms. The highest BCUT2D eigenvalue weighted by Crippen LogP contribution is 2.14. The van der Waals surface area contributed by atoms with Crippen LogP contribution in [0.25, 0.3) is 0 Å². The summed E-state index contributed by atoms with van der Waals surface area (Å²) in [5, 5.41) is 0. The van der Waals surface area contributed by atoms with Crippen molar-refractivity contribution in [3.63, 3.8) is 0 Å². The van der Waals surface area contributed by atoms with E-state index < -0.39 is 0 Å². The van der Waals surface area contributed by atoms with Crippen LogP contribution in [0.4, 0.5) is 0 Å². The van der Waals surface area contributed by atoms with Crippen LogP contribution >= 0.6 is 0 Å². The van der Waals surface area contributed by atoms with E-state index in [9.17, 15) is 9.59 Å². The average molecular weight is 227 g/mol. The number of likely N-dealkylation sites (tertiary alicyclic amines) is 1. The lowest BCUT2D eigenvalue weighted by Gasteiger charge is -2.28. The van der Waals surface area contributed by atoms with Gasteiger partial charge in [-0.15, -0.1) is 0 Å². The van der Waals surface area contributed by atoms with E-state index in [1.54, 1.807) is 0 Å². The number of carbonyl (C=O) groups is 2. The number of hydrogen-bond donors (Lipinski definition) is 1. The molecule has 90 valence electrons. The van der Waals surface area contributed by atoms with Crippen molar-refractivity contribution in [2.24, 2.45) is 0 Å². The van der Waals surface area contributed by atoms with Gasteiger partial charge in [0.15, 0.2) is 6.04 Å². The van der Waals surface area contributed by atoms with E-state index in [2.05, 4.69) is 0 Å². The molecule has 0 unspecified atom stereocenters. The molecule has 2 aliphatic rings. The first-order valence-electron chi connectivity index (χ1n) is 5.89. The highest BCUT2D eigenvalue weighted by atomic mass is 16.5. The molecule has 0 saturated carbocycles. The van der Waals surface area contributed by atoms with Gasteiger partial charge in [0.1, 0.15) is 13.1 Å². The molecular formula is C11H19N2O3+. The van der Waals surface area contributed by atoms with Crippen molar-refractivity contribution >= 4 is 11.8 Å². The Bertz CT molecular complexity index is 298. The number of quaternary nitrogens is 1. The number of carbonyl (C=O) groups excluding carboxylic acids is 2. The van der Waals surface area contributed by atoms with Crippen molar-refractivity contribution in [1.29, 1.82) is 0 Å². The molecule has 5 nitrogen and oxygen atoms in total. The van der Waals surface area contributed by atoms with E-state index in [1.165, 1.54) is 9.80 Å². The zero-order valence-corrected chi connectivity index (χ0v) is 9.86. The van der Waals surface area contributed by atoms with Gasteiger partial charge in [-0.05, 0) is 13.8 Å². The molecule has 2 aliphatic heterocycles. The van der Waals surface area contributed by atoms with Crippen LogP contribution in [0.3, 0.4) is 0 Å². The van der Waals surface area contributed by atoms with Crippen LogP contribution in [0.2, 0.25) is 0 Å². The van der Waals surface area contributed by atoms with Crippen LogP contribution < -0.4 is 4.90 Å². The maximum atomic E-state index is 12.1. The number of hydrogen-bond acceptors (Lipinski definition) is 3. The SMILES string of the molecule is CC(C)N1C(=O)C[C@H]([NH+]2CCOCC2)C1=O. The summed E-state index contributed by atoms with van der Waals surface area (Å²) in [7, 11) is 0. The van der Waals surface area contributed by atoms with Gasteiger partial charge in [0.25, 0.3) is 5.91 Å². The van der Waals surface area contributed by atoms with Gasteiger partial charge in [0.05, 0.1) is 19.6 Å². The summed E-state index contributed by atoms with van der Waals surface area (Å²) in [5.74, 6) is -0.0270. The fourth-order valence-electron chi connectivity index (χ4n) is 2.49. The fraction of sp³-hybridized carbons (Fsp3) is 0.818. The average Bonchev–Trinajstić information content (AvgIpc) is 2.55. The van der Waals surface area contributed by atoms with Gasteiger partial charge in [0.2, 0.25) is 5.91 Å². The summed E-state index contributed by atoms with van der Waals surface area (Å²) in [6, 6.07) is -0.191. The maximum absolute atomic E-state index is 12.1. The largest absolute Gasteiger partial charge is 0.370 e. The lowest BCUT2D eigenvalue weighted by atomic mass is 10.2. The van der Waals surface area contributed by atoms with E-state index >= 15 is 0 Å². The van der Waals surface area contributed by atoms with Crippen molar-refractivity contribution in [2.45, 2.75) is 32.4 Å². The number of imide groups is 1. The fourth-order valence-corrected chi connectivity index (χ4v) is 2.49. The van der Waals surface area contributed by atoms with E-state index in [4.69, 9.17) is 4.74 Å². The number of nitrogens with zero attached hydrogens (tertiary/aromatic N) is 1. The summed E-state index contributed by atoms with van der Waals surface area (Å²) in [6.07, 6.45) is 0.367. The van der Waals surface area contributed by atoms with Crippen molar-refractivity contribution < 1.29 is 19.2 Å². The molecule has 2 heterocycles. The second kappa shape index (κ2) is 4.51. The first-order chi connectivity index (χ1) is 7.61. The summed E-state index contributed by atoms with van der Waals surface area (Å²) < 4.78 is 5.26. The maximum Gasteiger partial charge on any atom is 0.288 e. The van der Waals surface area contributed by atoms with Gasteiger partial charge in [-0.25, -0.2) is 0 Å². The third kappa shape index (κ3) is 1.97. The van der Waals surface area contributed by atoms with Crippen molar-refractivity contribution in [3.8, 4) is 0 Å². The quantitative estimate of drug-likeness (QED) is 0.580. The van der Waals surface area contributed by atoms with Crippen LogP contribution in [0.15, 0.2) is 0 Å². The normalized spacial score (nSPS) is 28.2. The summed E-state index contributed by atoms with van der Waals surface area (Å²) in [6.45, 7) is 6.80. The van der Waals surface area contributed by atoms with Gasteiger partial charge < -0.3 is 9.64 Å². The van der Waals surface area contributed by atoms with Crippen molar-refractivity contribution in [3.05, 3.63) is 0 Å².